The van der Waals surface area contributed by atoms with Gasteiger partial charge in [-0.2, -0.15) is 0 Å². The van der Waals surface area contributed by atoms with Gasteiger partial charge in [-0.25, -0.2) is 23.1 Å². The third kappa shape index (κ3) is 3.02. The highest BCUT2D eigenvalue weighted by Crippen LogP contribution is 2.12. The molecule has 8 heteroatoms. The van der Waals surface area contributed by atoms with E-state index in [9.17, 15) is 8.42 Å². The second-order valence-corrected chi connectivity index (χ2v) is 5.33. The van der Waals surface area contributed by atoms with Crippen molar-refractivity contribution in [2.45, 2.75) is 11.4 Å². The van der Waals surface area contributed by atoms with Crippen molar-refractivity contribution in [3.8, 4) is 0 Å². The van der Waals surface area contributed by atoms with Crippen LogP contribution >= 0.6 is 11.6 Å². The molecule has 0 aliphatic rings. The van der Waals surface area contributed by atoms with E-state index in [-0.39, 0.29) is 16.6 Å². The van der Waals surface area contributed by atoms with Crippen LogP contribution in [0.5, 0.6) is 0 Å². The normalized spacial score (nSPS) is 11.6. The third-order valence-electron chi connectivity index (χ3n) is 1.99. The van der Waals surface area contributed by atoms with Gasteiger partial charge in [0.2, 0.25) is 10.0 Å². The molecule has 17 heavy (non-hydrogen) atoms. The Hall–Kier alpha value is -1.44. The van der Waals surface area contributed by atoms with Gasteiger partial charge in [0, 0.05) is 18.6 Å². The largest absolute Gasteiger partial charge is 0.347 e. The fraction of sp³-hybridized carbons (Fsp3) is 0.111. The molecule has 0 unspecified atom stereocenters. The average Bonchev–Trinajstić information content (AvgIpc) is 2.79. The molecule has 2 aromatic heterocycles. The van der Waals surface area contributed by atoms with Crippen molar-refractivity contribution in [1.82, 2.24) is 19.7 Å². The van der Waals surface area contributed by atoms with E-state index in [0.717, 1.165) is 0 Å². The Labute approximate surface area is 103 Å². The van der Waals surface area contributed by atoms with E-state index in [0.29, 0.717) is 5.82 Å². The lowest BCUT2D eigenvalue weighted by Gasteiger charge is -2.05. The van der Waals surface area contributed by atoms with Crippen LogP contribution in [0.2, 0.25) is 5.15 Å². The number of hydrogen-bond donors (Lipinski definition) is 2. The van der Waals surface area contributed by atoms with Crippen LogP contribution in [0.1, 0.15) is 5.82 Å². The summed E-state index contributed by atoms with van der Waals surface area (Å²) in [5, 5.41) is 0.130. The van der Waals surface area contributed by atoms with Gasteiger partial charge < -0.3 is 4.98 Å². The van der Waals surface area contributed by atoms with Crippen molar-refractivity contribution >= 4 is 21.6 Å². The molecule has 2 rings (SSSR count). The Balaban J connectivity index is 2.14. The van der Waals surface area contributed by atoms with Gasteiger partial charge in [-0.05, 0) is 12.1 Å². The standard InChI is InChI=1S/C9H9ClN4O2S/c10-8-5-7(1-2-11-8)17(15,16)14-6-9-12-3-4-13-9/h1-5,14H,6H2,(H,12,13). The van der Waals surface area contributed by atoms with Gasteiger partial charge >= 0.3 is 0 Å². The number of sulfonamides is 1. The van der Waals surface area contributed by atoms with Crippen LogP contribution < -0.4 is 4.72 Å². The van der Waals surface area contributed by atoms with Gasteiger partial charge in [0.25, 0.3) is 0 Å². The maximum Gasteiger partial charge on any atom is 0.241 e. The van der Waals surface area contributed by atoms with Crippen molar-refractivity contribution in [2.24, 2.45) is 0 Å². The van der Waals surface area contributed by atoms with Gasteiger partial charge in [0.15, 0.2) is 0 Å². The number of aromatic nitrogens is 3. The molecule has 2 aromatic rings. The number of rotatable bonds is 4. The molecular formula is C9H9ClN4O2S. The number of pyridine rings is 1. The maximum atomic E-state index is 11.8. The zero-order chi connectivity index (χ0) is 12.3. The quantitative estimate of drug-likeness (QED) is 0.811. The topological polar surface area (TPSA) is 87.7 Å². The fourth-order valence-corrected chi connectivity index (χ4v) is 2.43. The van der Waals surface area contributed by atoms with Gasteiger partial charge in [-0.1, -0.05) is 11.6 Å². The van der Waals surface area contributed by atoms with E-state index in [1.165, 1.54) is 18.3 Å². The van der Waals surface area contributed by atoms with Crippen molar-refractivity contribution in [2.75, 3.05) is 0 Å². The molecule has 0 saturated heterocycles. The number of nitrogens with zero attached hydrogens (tertiary/aromatic N) is 2. The number of H-pyrrole nitrogens is 1. The summed E-state index contributed by atoms with van der Waals surface area (Å²) in [6.45, 7) is 0.0925. The summed E-state index contributed by atoms with van der Waals surface area (Å²) in [6.07, 6.45) is 4.50. The lowest BCUT2D eigenvalue weighted by Crippen LogP contribution is -2.23. The molecule has 0 radical (unpaired) electrons. The molecule has 0 saturated carbocycles. The molecule has 6 nitrogen and oxygen atoms in total. The van der Waals surface area contributed by atoms with E-state index in [1.807, 2.05) is 0 Å². The van der Waals surface area contributed by atoms with E-state index >= 15 is 0 Å². The summed E-state index contributed by atoms with van der Waals surface area (Å²) in [5.41, 5.74) is 0. The predicted octanol–water partition coefficient (Wildman–Crippen LogP) is 0.937. The van der Waals surface area contributed by atoms with Gasteiger partial charge in [0.1, 0.15) is 11.0 Å². The van der Waals surface area contributed by atoms with E-state index in [2.05, 4.69) is 19.7 Å². The fourth-order valence-electron chi connectivity index (χ4n) is 1.19. The van der Waals surface area contributed by atoms with Crippen LogP contribution in [0.25, 0.3) is 0 Å². The predicted molar refractivity (Wildman–Crippen MR) is 61.9 cm³/mol. The molecule has 0 aromatic carbocycles. The molecule has 0 bridgehead atoms. The minimum Gasteiger partial charge on any atom is -0.347 e. The zero-order valence-corrected chi connectivity index (χ0v) is 10.2. The van der Waals surface area contributed by atoms with Gasteiger partial charge in [-0.3, -0.25) is 0 Å². The molecule has 2 N–H and O–H groups in total. The zero-order valence-electron chi connectivity index (χ0n) is 8.59. The first-order chi connectivity index (χ1) is 8.08. The SMILES string of the molecule is O=S(=O)(NCc1ncc[nH]1)c1ccnc(Cl)c1. The van der Waals surface area contributed by atoms with E-state index in [4.69, 9.17) is 11.6 Å². The smallest absolute Gasteiger partial charge is 0.241 e. The Morgan fingerprint density at radius 1 is 1.35 bits per heavy atom. The number of imidazole rings is 1. The molecule has 0 aliphatic carbocycles. The molecule has 0 aliphatic heterocycles. The van der Waals surface area contributed by atoms with Crippen LogP contribution in [-0.4, -0.2) is 23.4 Å². The summed E-state index contributed by atoms with van der Waals surface area (Å²) < 4.78 is 26.1. The Kier molecular flexibility index (Phi) is 3.41. The highest BCUT2D eigenvalue weighted by atomic mass is 35.5. The van der Waals surface area contributed by atoms with Crippen molar-refractivity contribution in [3.05, 3.63) is 41.7 Å². The van der Waals surface area contributed by atoms with Crippen molar-refractivity contribution < 1.29 is 8.42 Å². The van der Waals surface area contributed by atoms with Crippen molar-refractivity contribution in [1.29, 1.82) is 0 Å². The molecule has 0 fully saturated rings. The summed E-state index contributed by atoms with van der Waals surface area (Å²) in [4.78, 5) is 10.5. The first kappa shape index (κ1) is 12.0. The molecule has 0 atom stereocenters. The number of nitrogens with one attached hydrogen (secondary N) is 2. The monoisotopic (exact) mass is 272 g/mol. The molecule has 0 amide bonds. The second kappa shape index (κ2) is 4.82. The van der Waals surface area contributed by atoms with Gasteiger partial charge in [-0.15, -0.1) is 0 Å². The Morgan fingerprint density at radius 2 is 2.18 bits per heavy atom. The molecule has 2 heterocycles. The van der Waals surface area contributed by atoms with Crippen LogP contribution in [0.15, 0.2) is 35.6 Å². The maximum absolute atomic E-state index is 11.8. The molecule has 0 spiro atoms. The highest BCUT2D eigenvalue weighted by Gasteiger charge is 2.14. The van der Waals surface area contributed by atoms with Crippen molar-refractivity contribution in [3.63, 3.8) is 0 Å². The molecule has 90 valence electrons. The molecular weight excluding hydrogens is 264 g/mol. The van der Waals surface area contributed by atoms with Gasteiger partial charge in [0.05, 0.1) is 11.4 Å². The Bertz CT molecular complexity index is 597. The summed E-state index contributed by atoms with van der Waals surface area (Å²) in [5.74, 6) is 0.536. The summed E-state index contributed by atoms with van der Waals surface area (Å²) in [6, 6.07) is 2.66. The van der Waals surface area contributed by atoms with E-state index < -0.39 is 10.0 Å². The average molecular weight is 273 g/mol. The van der Waals surface area contributed by atoms with Crippen LogP contribution in [0.3, 0.4) is 0 Å². The Morgan fingerprint density at radius 3 is 2.82 bits per heavy atom. The number of aromatic amines is 1. The first-order valence-electron chi connectivity index (χ1n) is 4.67. The highest BCUT2D eigenvalue weighted by molar-refractivity contribution is 7.89. The first-order valence-corrected chi connectivity index (χ1v) is 6.53. The van der Waals surface area contributed by atoms with Crippen LogP contribution in [-0.2, 0) is 16.6 Å². The number of halogens is 1. The summed E-state index contributed by atoms with van der Waals surface area (Å²) in [7, 11) is -3.59. The van der Waals surface area contributed by atoms with Crippen LogP contribution in [0, 0.1) is 0 Å². The number of hydrogen-bond acceptors (Lipinski definition) is 4. The lowest BCUT2D eigenvalue weighted by atomic mass is 10.5. The van der Waals surface area contributed by atoms with E-state index in [1.54, 1.807) is 12.4 Å². The van der Waals surface area contributed by atoms with Crippen LogP contribution in [0.4, 0.5) is 0 Å². The lowest BCUT2D eigenvalue weighted by molar-refractivity contribution is 0.579. The third-order valence-corrected chi connectivity index (χ3v) is 3.60. The minimum atomic E-state index is -3.59. The summed E-state index contributed by atoms with van der Waals surface area (Å²) >= 11 is 5.63. The minimum absolute atomic E-state index is 0.0732. The second-order valence-electron chi connectivity index (χ2n) is 3.17.